The molecule has 0 fully saturated rings. The van der Waals surface area contributed by atoms with Gasteiger partial charge < -0.3 is 10.1 Å². The standard InChI is InChI=1S/C18H20FN5O/c19-15-6-4-8-17(12-15)25-11-3-1-2-10-22-18(23-14-20)24-16-7-5-9-21-13-16/h4-9,12-13H,1-3,10-11H2,(H2,22,23,24). The normalized spacial score (nSPS) is 10.8. The topological polar surface area (TPSA) is 82.3 Å². The summed E-state index contributed by atoms with van der Waals surface area (Å²) in [6, 6.07) is 9.75. The molecule has 25 heavy (non-hydrogen) atoms. The molecule has 0 atom stereocenters. The first kappa shape index (κ1) is 18.2. The highest BCUT2D eigenvalue weighted by molar-refractivity contribution is 5.94. The zero-order chi connectivity index (χ0) is 17.7. The Morgan fingerprint density at radius 3 is 2.92 bits per heavy atom. The van der Waals surface area contributed by atoms with Gasteiger partial charge in [0.2, 0.25) is 5.96 Å². The van der Waals surface area contributed by atoms with E-state index in [0.717, 1.165) is 24.9 Å². The molecule has 2 aromatic rings. The van der Waals surface area contributed by atoms with Gasteiger partial charge in [0, 0.05) is 18.8 Å². The lowest BCUT2D eigenvalue weighted by molar-refractivity contribution is 0.304. The number of ether oxygens (including phenoxy) is 1. The van der Waals surface area contributed by atoms with Gasteiger partial charge in [-0.1, -0.05) is 6.07 Å². The third-order valence-electron chi connectivity index (χ3n) is 3.24. The van der Waals surface area contributed by atoms with Gasteiger partial charge in [-0.2, -0.15) is 5.26 Å². The second kappa shape index (κ2) is 10.6. The summed E-state index contributed by atoms with van der Waals surface area (Å²) in [5.74, 6) is 0.635. The number of rotatable bonds is 8. The molecule has 1 aromatic carbocycles. The number of halogens is 1. The van der Waals surface area contributed by atoms with Gasteiger partial charge in [0.1, 0.15) is 11.6 Å². The number of pyridine rings is 1. The van der Waals surface area contributed by atoms with Gasteiger partial charge in [-0.3, -0.25) is 15.3 Å². The summed E-state index contributed by atoms with van der Waals surface area (Å²) in [7, 11) is 0. The number of aliphatic imine (C=N–C) groups is 1. The summed E-state index contributed by atoms with van der Waals surface area (Å²) in [4.78, 5) is 8.32. The van der Waals surface area contributed by atoms with Crippen molar-refractivity contribution in [3.05, 3.63) is 54.6 Å². The molecular weight excluding hydrogens is 321 g/mol. The van der Waals surface area contributed by atoms with E-state index in [2.05, 4.69) is 20.6 Å². The van der Waals surface area contributed by atoms with Crippen LogP contribution in [0.4, 0.5) is 10.1 Å². The average Bonchev–Trinajstić information content (AvgIpc) is 2.62. The van der Waals surface area contributed by atoms with Crippen LogP contribution in [0.1, 0.15) is 19.3 Å². The Morgan fingerprint density at radius 1 is 1.24 bits per heavy atom. The smallest absolute Gasteiger partial charge is 0.209 e. The fourth-order valence-electron chi connectivity index (χ4n) is 2.06. The van der Waals surface area contributed by atoms with Gasteiger partial charge in [0.25, 0.3) is 0 Å². The van der Waals surface area contributed by atoms with E-state index in [0.29, 0.717) is 24.9 Å². The van der Waals surface area contributed by atoms with Crippen LogP contribution < -0.4 is 15.4 Å². The van der Waals surface area contributed by atoms with Crippen molar-refractivity contribution in [2.45, 2.75) is 19.3 Å². The SMILES string of the molecule is N#CNC(=NCCCCCOc1cccc(F)c1)Nc1cccnc1. The van der Waals surface area contributed by atoms with Crippen LogP contribution >= 0.6 is 0 Å². The van der Waals surface area contributed by atoms with E-state index in [1.165, 1.54) is 12.1 Å². The van der Waals surface area contributed by atoms with Gasteiger partial charge in [-0.05, 0) is 43.5 Å². The first-order valence-corrected chi connectivity index (χ1v) is 8.03. The average molecular weight is 341 g/mol. The van der Waals surface area contributed by atoms with Gasteiger partial charge in [-0.15, -0.1) is 0 Å². The summed E-state index contributed by atoms with van der Waals surface area (Å²) in [6.07, 6.45) is 7.81. The Kier molecular flexibility index (Phi) is 7.72. The van der Waals surface area contributed by atoms with E-state index in [-0.39, 0.29) is 5.82 Å². The maximum Gasteiger partial charge on any atom is 0.209 e. The minimum Gasteiger partial charge on any atom is -0.493 e. The number of guanidine groups is 1. The van der Waals surface area contributed by atoms with E-state index in [1.54, 1.807) is 30.6 Å². The van der Waals surface area contributed by atoms with Crippen molar-refractivity contribution < 1.29 is 9.13 Å². The highest BCUT2D eigenvalue weighted by Gasteiger charge is 1.99. The van der Waals surface area contributed by atoms with Crippen LogP contribution in [0.2, 0.25) is 0 Å². The second-order valence-corrected chi connectivity index (χ2v) is 5.20. The monoisotopic (exact) mass is 341 g/mol. The Labute approximate surface area is 146 Å². The first-order chi connectivity index (χ1) is 12.3. The number of unbranched alkanes of at least 4 members (excludes halogenated alkanes) is 2. The molecule has 0 aliphatic heterocycles. The fraction of sp³-hybridized carbons (Fsp3) is 0.278. The molecule has 0 aliphatic carbocycles. The lowest BCUT2D eigenvalue weighted by Crippen LogP contribution is -2.27. The van der Waals surface area contributed by atoms with Crippen molar-refractivity contribution in [2.24, 2.45) is 4.99 Å². The predicted octanol–water partition coefficient (Wildman–Crippen LogP) is 3.31. The molecule has 7 heteroatoms. The van der Waals surface area contributed by atoms with E-state index in [1.807, 2.05) is 12.3 Å². The Bertz CT molecular complexity index is 715. The maximum atomic E-state index is 13.0. The number of nitriles is 1. The third-order valence-corrected chi connectivity index (χ3v) is 3.24. The van der Waals surface area contributed by atoms with E-state index >= 15 is 0 Å². The molecule has 2 N–H and O–H groups in total. The predicted molar refractivity (Wildman–Crippen MR) is 94.7 cm³/mol. The van der Waals surface area contributed by atoms with E-state index in [4.69, 9.17) is 10.00 Å². The largest absolute Gasteiger partial charge is 0.493 e. The van der Waals surface area contributed by atoms with Crippen LogP contribution in [-0.4, -0.2) is 24.1 Å². The summed E-state index contributed by atoms with van der Waals surface area (Å²) in [5, 5.41) is 14.3. The molecule has 0 radical (unpaired) electrons. The van der Waals surface area contributed by atoms with Crippen LogP contribution in [0, 0.1) is 17.3 Å². The Morgan fingerprint density at radius 2 is 2.16 bits per heavy atom. The van der Waals surface area contributed by atoms with Crippen molar-refractivity contribution in [3.8, 4) is 11.9 Å². The molecule has 130 valence electrons. The number of aromatic nitrogens is 1. The molecule has 6 nitrogen and oxygen atoms in total. The van der Waals surface area contributed by atoms with Gasteiger partial charge in [0.05, 0.1) is 18.5 Å². The fourth-order valence-corrected chi connectivity index (χ4v) is 2.06. The summed E-state index contributed by atoms with van der Waals surface area (Å²) in [5.41, 5.74) is 0.757. The summed E-state index contributed by atoms with van der Waals surface area (Å²) >= 11 is 0. The van der Waals surface area contributed by atoms with Crippen molar-refractivity contribution in [2.75, 3.05) is 18.5 Å². The number of nitrogens with one attached hydrogen (secondary N) is 2. The zero-order valence-electron chi connectivity index (χ0n) is 13.8. The maximum absolute atomic E-state index is 13.0. The number of benzene rings is 1. The zero-order valence-corrected chi connectivity index (χ0v) is 13.8. The van der Waals surface area contributed by atoms with Crippen LogP contribution in [-0.2, 0) is 0 Å². The molecule has 0 saturated heterocycles. The lowest BCUT2D eigenvalue weighted by Gasteiger charge is -2.08. The van der Waals surface area contributed by atoms with Crippen LogP contribution in [0.15, 0.2) is 53.8 Å². The molecule has 0 unspecified atom stereocenters. The number of hydrogen-bond acceptors (Lipinski definition) is 4. The van der Waals surface area contributed by atoms with Crippen molar-refractivity contribution in [1.29, 1.82) is 5.26 Å². The minimum absolute atomic E-state index is 0.300. The van der Waals surface area contributed by atoms with Gasteiger partial charge in [0.15, 0.2) is 6.19 Å². The number of nitrogens with zero attached hydrogens (tertiary/aromatic N) is 3. The molecule has 2 rings (SSSR count). The Balaban J connectivity index is 1.65. The molecule has 0 aliphatic rings. The first-order valence-electron chi connectivity index (χ1n) is 8.03. The van der Waals surface area contributed by atoms with Crippen LogP contribution in [0.25, 0.3) is 0 Å². The molecule has 0 saturated carbocycles. The van der Waals surface area contributed by atoms with Crippen molar-refractivity contribution in [1.82, 2.24) is 10.3 Å². The second-order valence-electron chi connectivity index (χ2n) is 5.20. The Hall–Kier alpha value is -3.14. The van der Waals surface area contributed by atoms with Crippen molar-refractivity contribution in [3.63, 3.8) is 0 Å². The lowest BCUT2D eigenvalue weighted by atomic mass is 10.2. The molecule has 1 heterocycles. The number of anilines is 1. The van der Waals surface area contributed by atoms with Crippen molar-refractivity contribution >= 4 is 11.6 Å². The van der Waals surface area contributed by atoms with Gasteiger partial charge in [-0.25, -0.2) is 4.39 Å². The highest BCUT2D eigenvalue weighted by Crippen LogP contribution is 2.12. The van der Waals surface area contributed by atoms with E-state index < -0.39 is 0 Å². The van der Waals surface area contributed by atoms with Gasteiger partial charge >= 0.3 is 0 Å². The summed E-state index contributed by atoms with van der Waals surface area (Å²) < 4.78 is 18.5. The highest BCUT2D eigenvalue weighted by atomic mass is 19.1. The quantitative estimate of drug-likeness (QED) is 0.253. The third kappa shape index (κ3) is 7.31. The van der Waals surface area contributed by atoms with Crippen LogP contribution in [0.3, 0.4) is 0 Å². The molecule has 0 amide bonds. The molecule has 1 aromatic heterocycles. The molecular formula is C18H20FN5O. The molecule has 0 spiro atoms. The van der Waals surface area contributed by atoms with E-state index in [9.17, 15) is 4.39 Å². The van der Waals surface area contributed by atoms with Crippen LogP contribution in [0.5, 0.6) is 5.75 Å². The molecule has 0 bridgehead atoms. The summed E-state index contributed by atoms with van der Waals surface area (Å²) in [6.45, 7) is 1.11. The number of hydrogen-bond donors (Lipinski definition) is 2. The minimum atomic E-state index is -0.300.